The van der Waals surface area contributed by atoms with Crippen molar-refractivity contribution in [3.63, 3.8) is 0 Å². The number of carbonyl (C=O) groups is 1. The number of carbonyl (C=O) groups excluding carboxylic acids is 1. The number of aromatic nitrogens is 1. The fourth-order valence-electron chi connectivity index (χ4n) is 1.70. The van der Waals surface area contributed by atoms with E-state index in [9.17, 15) is 13.2 Å². The number of sulfonamides is 1. The molecule has 10 heteroatoms. The number of hydrogen-bond donors (Lipinski definition) is 2. The normalized spacial score (nSPS) is 11.8. The van der Waals surface area contributed by atoms with Crippen LogP contribution in [-0.2, 0) is 14.8 Å². The Bertz CT molecular complexity index is 597. The summed E-state index contributed by atoms with van der Waals surface area (Å²) < 4.78 is 29.7. The Kier molecular flexibility index (Phi) is 5.93. The van der Waals surface area contributed by atoms with Gasteiger partial charge in [-0.05, 0) is 18.0 Å². The largest absolute Gasteiger partial charge is 0.382 e. The maximum atomic E-state index is 12.4. The number of amides is 1. The van der Waals surface area contributed by atoms with Crippen molar-refractivity contribution in [1.29, 1.82) is 0 Å². The number of unbranched alkanes of at least 4 members (excludes halogenated alkanes) is 1. The SMILES string of the molecule is CCCCN(CC(N)=O)c1snc(N)c1S(=O)(=O)N(C)C. The van der Waals surface area contributed by atoms with Crippen molar-refractivity contribution >= 4 is 38.3 Å². The molecule has 0 unspecified atom stereocenters. The minimum atomic E-state index is -3.74. The molecule has 0 fully saturated rings. The standard InChI is InChI=1S/C11H21N5O3S2/c1-4-5-6-16(7-8(12)17)11-9(10(13)14-20-11)21(18,19)15(2)3/h4-7H2,1-3H3,(H2,12,17)(H2,13,14). The van der Waals surface area contributed by atoms with Gasteiger partial charge in [-0.25, -0.2) is 12.7 Å². The zero-order chi connectivity index (χ0) is 16.2. The molecule has 1 amide bonds. The summed E-state index contributed by atoms with van der Waals surface area (Å²) in [7, 11) is -0.904. The third-order valence-corrected chi connectivity index (χ3v) is 5.74. The van der Waals surface area contributed by atoms with E-state index in [0.717, 1.165) is 28.7 Å². The third-order valence-electron chi connectivity index (χ3n) is 2.81. The van der Waals surface area contributed by atoms with E-state index in [1.807, 2.05) is 6.92 Å². The molecule has 0 aliphatic heterocycles. The van der Waals surface area contributed by atoms with Gasteiger partial charge in [-0.3, -0.25) is 4.79 Å². The van der Waals surface area contributed by atoms with Crippen molar-refractivity contribution in [2.75, 3.05) is 37.8 Å². The van der Waals surface area contributed by atoms with Crippen LogP contribution in [0.4, 0.5) is 10.8 Å². The molecular weight excluding hydrogens is 314 g/mol. The second-order valence-corrected chi connectivity index (χ2v) is 7.57. The molecule has 0 aliphatic carbocycles. The maximum Gasteiger partial charge on any atom is 0.249 e. The third kappa shape index (κ3) is 4.05. The molecule has 0 radical (unpaired) electrons. The van der Waals surface area contributed by atoms with Crippen molar-refractivity contribution in [2.45, 2.75) is 24.7 Å². The van der Waals surface area contributed by atoms with Gasteiger partial charge in [0, 0.05) is 20.6 Å². The van der Waals surface area contributed by atoms with Crippen LogP contribution in [0.1, 0.15) is 19.8 Å². The van der Waals surface area contributed by atoms with E-state index in [2.05, 4.69) is 4.37 Å². The van der Waals surface area contributed by atoms with Crippen LogP contribution in [0, 0.1) is 0 Å². The highest BCUT2D eigenvalue weighted by Gasteiger charge is 2.30. The zero-order valence-corrected chi connectivity index (χ0v) is 14.0. The fraction of sp³-hybridized carbons (Fsp3) is 0.636. The van der Waals surface area contributed by atoms with E-state index in [1.54, 1.807) is 4.90 Å². The molecule has 1 aromatic rings. The molecule has 0 aromatic carbocycles. The average molecular weight is 335 g/mol. The smallest absolute Gasteiger partial charge is 0.249 e. The van der Waals surface area contributed by atoms with Crippen molar-refractivity contribution in [2.24, 2.45) is 5.73 Å². The van der Waals surface area contributed by atoms with Gasteiger partial charge in [-0.2, -0.15) is 4.37 Å². The van der Waals surface area contributed by atoms with E-state index in [1.165, 1.54) is 14.1 Å². The molecule has 0 atom stereocenters. The topological polar surface area (TPSA) is 123 Å². The lowest BCUT2D eigenvalue weighted by atomic mass is 10.3. The number of hydrogen-bond acceptors (Lipinski definition) is 7. The van der Waals surface area contributed by atoms with Crippen LogP contribution in [0.2, 0.25) is 0 Å². The highest BCUT2D eigenvalue weighted by molar-refractivity contribution is 7.89. The van der Waals surface area contributed by atoms with Crippen molar-refractivity contribution < 1.29 is 13.2 Å². The fourth-order valence-corrected chi connectivity index (χ4v) is 3.95. The summed E-state index contributed by atoms with van der Waals surface area (Å²) in [4.78, 5) is 12.8. The van der Waals surface area contributed by atoms with E-state index < -0.39 is 15.9 Å². The zero-order valence-electron chi connectivity index (χ0n) is 12.4. The van der Waals surface area contributed by atoms with Gasteiger partial charge >= 0.3 is 0 Å². The van der Waals surface area contributed by atoms with Crippen LogP contribution in [0.15, 0.2) is 4.90 Å². The van der Waals surface area contributed by atoms with Gasteiger partial charge in [-0.15, -0.1) is 0 Å². The Morgan fingerprint density at radius 1 is 1.38 bits per heavy atom. The molecule has 1 aromatic heterocycles. The summed E-state index contributed by atoms with van der Waals surface area (Å²) in [6.07, 6.45) is 1.70. The molecular formula is C11H21N5O3S2. The van der Waals surface area contributed by atoms with E-state index in [-0.39, 0.29) is 17.3 Å². The summed E-state index contributed by atoms with van der Waals surface area (Å²) >= 11 is 0.958. The predicted molar refractivity (Wildman–Crippen MR) is 83.7 cm³/mol. The lowest BCUT2D eigenvalue weighted by Gasteiger charge is -2.23. The number of rotatable bonds is 8. The van der Waals surface area contributed by atoms with Crippen LogP contribution in [0.3, 0.4) is 0 Å². The average Bonchev–Trinajstić information content (AvgIpc) is 2.76. The monoisotopic (exact) mass is 335 g/mol. The van der Waals surface area contributed by atoms with Gasteiger partial charge in [0.15, 0.2) is 10.7 Å². The second kappa shape index (κ2) is 7.05. The summed E-state index contributed by atoms with van der Waals surface area (Å²) in [6, 6.07) is 0. The Labute approximate surface area is 128 Å². The molecule has 0 spiro atoms. The van der Waals surface area contributed by atoms with Crippen molar-refractivity contribution in [3.05, 3.63) is 0 Å². The van der Waals surface area contributed by atoms with E-state index in [4.69, 9.17) is 11.5 Å². The van der Waals surface area contributed by atoms with Crippen LogP contribution in [0.5, 0.6) is 0 Å². The van der Waals surface area contributed by atoms with Crippen LogP contribution < -0.4 is 16.4 Å². The predicted octanol–water partition coefficient (Wildman–Crippen LogP) is 0.0674. The summed E-state index contributed by atoms with van der Waals surface area (Å²) in [6.45, 7) is 2.44. The number of nitrogens with zero attached hydrogens (tertiary/aromatic N) is 3. The first kappa shape index (κ1) is 17.7. The molecule has 8 nitrogen and oxygen atoms in total. The van der Waals surface area contributed by atoms with Gasteiger partial charge < -0.3 is 16.4 Å². The molecule has 120 valence electrons. The van der Waals surface area contributed by atoms with Gasteiger partial charge in [0.05, 0.1) is 6.54 Å². The van der Waals surface area contributed by atoms with E-state index >= 15 is 0 Å². The second-order valence-electron chi connectivity index (χ2n) is 4.73. The Balaban J connectivity index is 3.30. The highest BCUT2D eigenvalue weighted by Crippen LogP contribution is 2.36. The lowest BCUT2D eigenvalue weighted by Crippen LogP contribution is -2.35. The Morgan fingerprint density at radius 3 is 2.48 bits per heavy atom. The quantitative estimate of drug-likeness (QED) is 0.693. The maximum absolute atomic E-state index is 12.4. The number of anilines is 2. The molecule has 1 heterocycles. The number of nitrogen functional groups attached to an aromatic ring is 1. The lowest BCUT2D eigenvalue weighted by molar-refractivity contribution is -0.116. The first-order valence-corrected chi connectivity index (χ1v) is 8.64. The Morgan fingerprint density at radius 2 is 2.00 bits per heavy atom. The molecule has 0 aliphatic rings. The van der Waals surface area contributed by atoms with Crippen LogP contribution >= 0.6 is 11.5 Å². The summed E-state index contributed by atoms with van der Waals surface area (Å²) in [5.41, 5.74) is 11.0. The minimum absolute atomic E-state index is 0.0603. The van der Waals surface area contributed by atoms with Crippen LogP contribution in [0.25, 0.3) is 0 Å². The first-order chi connectivity index (χ1) is 9.71. The molecule has 1 rings (SSSR count). The summed E-state index contributed by atoms with van der Waals surface area (Å²) in [5.74, 6) is -0.596. The number of primary amides is 1. The van der Waals surface area contributed by atoms with Crippen molar-refractivity contribution in [3.8, 4) is 0 Å². The molecule has 0 bridgehead atoms. The minimum Gasteiger partial charge on any atom is -0.382 e. The van der Waals surface area contributed by atoms with E-state index in [0.29, 0.717) is 11.5 Å². The van der Waals surface area contributed by atoms with Crippen molar-refractivity contribution in [1.82, 2.24) is 8.68 Å². The van der Waals surface area contributed by atoms with Gasteiger partial charge in [0.25, 0.3) is 0 Å². The van der Waals surface area contributed by atoms with Crippen LogP contribution in [-0.4, -0.2) is 50.2 Å². The molecule has 21 heavy (non-hydrogen) atoms. The molecule has 0 saturated carbocycles. The Hall–Kier alpha value is -1.39. The molecule has 0 saturated heterocycles. The molecule has 4 N–H and O–H groups in total. The van der Waals surface area contributed by atoms with Gasteiger partial charge in [0.1, 0.15) is 5.00 Å². The summed E-state index contributed by atoms with van der Waals surface area (Å²) in [5, 5.41) is 0.355. The van der Waals surface area contributed by atoms with Gasteiger partial charge in [-0.1, -0.05) is 13.3 Å². The van der Waals surface area contributed by atoms with Gasteiger partial charge in [0.2, 0.25) is 15.9 Å². The highest BCUT2D eigenvalue weighted by atomic mass is 32.2. The number of nitrogens with two attached hydrogens (primary N) is 2. The first-order valence-electron chi connectivity index (χ1n) is 6.42.